The maximum absolute atomic E-state index is 14.9. The van der Waals surface area contributed by atoms with Crippen LogP contribution in [0.5, 0.6) is 5.75 Å². The second-order valence-electron chi connectivity index (χ2n) is 9.60. The van der Waals surface area contributed by atoms with Crippen molar-refractivity contribution in [1.82, 2.24) is 0 Å². The highest BCUT2D eigenvalue weighted by atomic mass is 19.2. The average Bonchev–Trinajstić information content (AvgIpc) is 2.94. The minimum atomic E-state index is -0.923. The van der Waals surface area contributed by atoms with E-state index in [-0.39, 0.29) is 11.3 Å². The molecular formula is C34H36F2O. The highest BCUT2D eigenvalue weighted by molar-refractivity contribution is 5.73. The Labute approximate surface area is 220 Å². The number of halogens is 2. The molecule has 4 aromatic carbocycles. The van der Waals surface area contributed by atoms with Crippen molar-refractivity contribution in [3.05, 3.63) is 102 Å². The van der Waals surface area contributed by atoms with Crippen molar-refractivity contribution in [2.24, 2.45) is 0 Å². The van der Waals surface area contributed by atoms with E-state index in [0.717, 1.165) is 43.2 Å². The van der Waals surface area contributed by atoms with Crippen LogP contribution in [-0.2, 0) is 6.42 Å². The Kier molecular flexibility index (Phi) is 9.48. The molecule has 0 aliphatic carbocycles. The Hall–Kier alpha value is -3.46. The smallest absolute Gasteiger partial charge is 0.201 e. The van der Waals surface area contributed by atoms with Gasteiger partial charge in [-0.3, -0.25) is 0 Å². The SMILES string of the molecule is CCCCCCCOc1ccc(-c2ccc(-c3ccc(-c4ccc(CCC)cc4)cc3)cc2)c(F)c1F. The Morgan fingerprint density at radius 1 is 0.514 bits per heavy atom. The lowest BCUT2D eigenvalue weighted by atomic mass is 9.97. The summed E-state index contributed by atoms with van der Waals surface area (Å²) in [5.41, 5.74) is 6.70. The number of aryl methyl sites for hydroxylation is 1. The molecule has 3 heteroatoms. The van der Waals surface area contributed by atoms with Gasteiger partial charge in [0.2, 0.25) is 5.82 Å². The van der Waals surface area contributed by atoms with Gasteiger partial charge in [0.05, 0.1) is 6.61 Å². The average molecular weight is 499 g/mol. The topological polar surface area (TPSA) is 9.23 Å². The van der Waals surface area contributed by atoms with E-state index in [1.807, 2.05) is 24.3 Å². The number of rotatable bonds is 12. The summed E-state index contributed by atoms with van der Waals surface area (Å²) < 4.78 is 35.0. The largest absolute Gasteiger partial charge is 0.490 e. The van der Waals surface area contributed by atoms with E-state index in [2.05, 4.69) is 62.4 Å². The van der Waals surface area contributed by atoms with Crippen LogP contribution in [0.3, 0.4) is 0 Å². The number of hydrogen-bond acceptors (Lipinski definition) is 1. The van der Waals surface area contributed by atoms with Crippen LogP contribution in [0.4, 0.5) is 8.78 Å². The van der Waals surface area contributed by atoms with Crippen LogP contribution in [0.25, 0.3) is 33.4 Å². The molecule has 192 valence electrons. The summed E-state index contributed by atoms with van der Waals surface area (Å²) in [6.07, 6.45) is 7.63. The molecule has 4 rings (SSSR count). The van der Waals surface area contributed by atoms with Gasteiger partial charge in [-0.05, 0) is 58.4 Å². The summed E-state index contributed by atoms with van der Waals surface area (Å²) in [5.74, 6) is -1.81. The fourth-order valence-electron chi connectivity index (χ4n) is 4.60. The Morgan fingerprint density at radius 3 is 1.57 bits per heavy atom. The van der Waals surface area contributed by atoms with Crippen LogP contribution in [0.2, 0.25) is 0 Å². The predicted molar refractivity (Wildman–Crippen MR) is 151 cm³/mol. The molecule has 0 aliphatic heterocycles. The van der Waals surface area contributed by atoms with Crippen LogP contribution in [0, 0.1) is 11.6 Å². The monoisotopic (exact) mass is 498 g/mol. The number of hydrogen-bond donors (Lipinski definition) is 0. The molecule has 0 saturated carbocycles. The van der Waals surface area contributed by atoms with E-state index in [1.165, 1.54) is 35.6 Å². The molecule has 0 radical (unpaired) electrons. The number of ether oxygens (including phenoxy) is 1. The van der Waals surface area contributed by atoms with Crippen molar-refractivity contribution in [1.29, 1.82) is 0 Å². The molecule has 0 N–H and O–H groups in total. The summed E-state index contributed by atoms with van der Waals surface area (Å²) in [7, 11) is 0. The van der Waals surface area contributed by atoms with Crippen LogP contribution in [0.15, 0.2) is 84.9 Å². The molecular weight excluding hydrogens is 462 g/mol. The summed E-state index contributed by atoms with van der Waals surface area (Å²) >= 11 is 0. The van der Waals surface area contributed by atoms with Gasteiger partial charge in [0, 0.05) is 5.56 Å². The van der Waals surface area contributed by atoms with E-state index >= 15 is 0 Å². The summed E-state index contributed by atoms with van der Waals surface area (Å²) in [4.78, 5) is 0. The third-order valence-electron chi connectivity index (χ3n) is 6.79. The van der Waals surface area contributed by atoms with Gasteiger partial charge in [-0.2, -0.15) is 4.39 Å². The minimum absolute atomic E-state index is 0.0199. The van der Waals surface area contributed by atoms with Gasteiger partial charge in [0.15, 0.2) is 11.6 Å². The first kappa shape index (κ1) is 26.6. The molecule has 0 aromatic heterocycles. The van der Waals surface area contributed by atoms with Crippen LogP contribution >= 0.6 is 0 Å². The van der Waals surface area contributed by atoms with Gasteiger partial charge in [-0.25, -0.2) is 4.39 Å². The molecule has 4 aromatic rings. The molecule has 0 saturated heterocycles. The molecule has 0 spiro atoms. The van der Waals surface area contributed by atoms with Crippen LogP contribution in [0.1, 0.15) is 57.9 Å². The molecule has 0 atom stereocenters. The van der Waals surface area contributed by atoms with Crippen molar-refractivity contribution >= 4 is 0 Å². The zero-order valence-electron chi connectivity index (χ0n) is 21.9. The minimum Gasteiger partial charge on any atom is -0.490 e. The molecule has 0 heterocycles. The van der Waals surface area contributed by atoms with Gasteiger partial charge in [-0.15, -0.1) is 0 Å². The Balaban J connectivity index is 1.42. The van der Waals surface area contributed by atoms with Crippen molar-refractivity contribution in [3.63, 3.8) is 0 Å². The highest BCUT2D eigenvalue weighted by Crippen LogP contribution is 2.32. The zero-order valence-corrected chi connectivity index (χ0v) is 21.9. The molecule has 0 unspecified atom stereocenters. The summed E-state index contributed by atoms with van der Waals surface area (Å²) in [6, 6.07) is 27.9. The van der Waals surface area contributed by atoms with Gasteiger partial charge in [-0.1, -0.05) is 119 Å². The number of unbranched alkanes of at least 4 members (excludes halogenated alkanes) is 4. The van der Waals surface area contributed by atoms with Gasteiger partial charge in [0.25, 0.3) is 0 Å². The molecule has 1 nitrogen and oxygen atoms in total. The molecule has 0 amide bonds. The third kappa shape index (κ3) is 6.85. The van der Waals surface area contributed by atoms with Crippen molar-refractivity contribution in [2.45, 2.75) is 58.8 Å². The molecule has 37 heavy (non-hydrogen) atoms. The van der Waals surface area contributed by atoms with Gasteiger partial charge >= 0.3 is 0 Å². The third-order valence-corrected chi connectivity index (χ3v) is 6.79. The lowest BCUT2D eigenvalue weighted by molar-refractivity contribution is 0.285. The predicted octanol–water partition coefficient (Wildman–Crippen LogP) is 10.3. The van der Waals surface area contributed by atoms with E-state index in [9.17, 15) is 8.78 Å². The van der Waals surface area contributed by atoms with Gasteiger partial charge < -0.3 is 4.74 Å². The van der Waals surface area contributed by atoms with E-state index in [0.29, 0.717) is 12.2 Å². The van der Waals surface area contributed by atoms with E-state index in [4.69, 9.17) is 4.74 Å². The van der Waals surface area contributed by atoms with Crippen LogP contribution < -0.4 is 4.74 Å². The Morgan fingerprint density at radius 2 is 1.03 bits per heavy atom. The second kappa shape index (κ2) is 13.2. The summed E-state index contributed by atoms with van der Waals surface area (Å²) in [5, 5.41) is 0. The summed E-state index contributed by atoms with van der Waals surface area (Å²) in [6.45, 7) is 4.75. The fourth-order valence-corrected chi connectivity index (χ4v) is 4.60. The van der Waals surface area contributed by atoms with Crippen molar-refractivity contribution < 1.29 is 13.5 Å². The normalized spacial score (nSPS) is 11.0. The van der Waals surface area contributed by atoms with E-state index in [1.54, 1.807) is 6.07 Å². The van der Waals surface area contributed by atoms with Crippen molar-refractivity contribution in [3.8, 4) is 39.1 Å². The molecule has 0 fully saturated rings. The quantitative estimate of drug-likeness (QED) is 0.177. The Bertz CT molecular complexity index is 1260. The molecule has 0 aliphatic rings. The second-order valence-corrected chi connectivity index (χ2v) is 9.60. The maximum atomic E-state index is 14.9. The highest BCUT2D eigenvalue weighted by Gasteiger charge is 2.16. The van der Waals surface area contributed by atoms with E-state index < -0.39 is 11.6 Å². The first-order valence-corrected chi connectivity index (χ1v) is 13.5. The van der Waals surface area contributed by atoms with Gasteiger partial charge in [0.1, 0.15) is 0 Å². The standard InChI is InChI=1S/C34H36F2O/c1-3-5-6-7-8-24-37-32-23-22-31(33(35)34(32)36)30-20-18-29(19-21-30)28-16-14-27(15-17-28)26-12-10-25(9-4-2)11-13-26/h10-23H,3-9,24H2,1-2H3. The van der Waals surface area contributed by atoms with Crippen LogP contribution in [-0.4, -0.2) is 6.61 Å². The molecule has 0 bridgehead atoms. The first-order valence-electron chi connectivity index (χ1n) is 13.5. The maximum Gasteiger partial charge on any atom is 0.201 e. The first-order chi connectivity index (χ1) is 18.1. The zero-order chi connectivity index (χ0) is 26.0. The lowest BCUT2D eigenvalue weighted by Crippen LogP contribution is -2.01. The van der Waals surface area contributed by atoms with Crippen molar-refractivity contribution in [2.75, 3.05) is 6.61 Å². The fraction of sp³-hybridized carbons (Fsp3) is 0.294. The number of benzene rings is 4. The lowest BCUT2D eigenvalue weighted by Gasteiger charge is -2.11.